The number of fused-ring (bicyclic) bond motifs is 2. The third-order valence-corrected chi connectivity index (χ3v) is 7.27. The Morgan fingerprint density at radius 2 is 1.67 bits per heavy atom. The molecule has 0 unspecified atom stereocenters. The fourth-order valence-corrected chi connectivity index (χ4v) is 5.87. The Hall–Kier alpha value is -2.98. The van der Waals surface area contributed by atoms with Gasteiger partial charge in [-0.1, -0.05) is 66.7 Å². The summed E-state index contributed by atoms with van der Waals surface area (Å²) in [5.74, 6) is 0.946. The molecule has 5 rings (SSSR count). The van der Waals surface area contributed by atoms with E-state index < -0.39 is 0 Å². The molecule has 0 saturated heterocycles. The van der Waals surface area contributed by atoms with E-state index in [0.29, 0.717) is 6.42 Å². The third kappa shape index (κ3) is 3.41. The SMILES string of the molecule is COc1ccccc1[C@H]1Sc2ccccc2NC2=C[C@H](c3ccccc3)CC(=O)[C@@H]21. The van der Waals surface area contributed by atoms with E-state index >= 15 is 0 Å². The van der Waals surface area contributed by atoms with Gasteiger partial charge in [0.1, 0.15) is 11.5 Å². The van der Waals surface area contributed by atoms with Gasteiger partial charge in [-0.15, -0.1) is 11.8 Å². The standard InChI is InChI=1S/C26H23NO2S/c1-29-23-13-7-5-11-19(23)26-25-21(27-20-12-6-8-14-24(20)30-26)15-18(16-22(25)28)17-9-3-2-4-10-17/h2-15,18,25-27H,16H2,1H3/t18-,25+,26+/m0/s1. The van der Waals surface area contributed by atoms with Crippen molar-refractivity contribution in [1.82, 2.24) is 0 Å². The number of benzene rings is 3. The van der Waals surface area contributed by atoms with Gasteiger partial charge in [-0.05, 0) is 23.8 Å². The van der Waals surface area contributed by atoms with Gasteiger partial charge >= 0.3 is 0 Å². The number of Topliss-reactive ketones (excluding diaryl/α,β-unsaturated/α-hetero) is 1. The first-order valence-corrected chi connectivity index (χ1v) is 11.1. The molecule has 1 aliphatic heterocycles. The number of anilines is 1. The Kier molecular flexibility index (Phi) is 5.09. The molecule has 0 amide bonds. The number of nitrogens with one attached hydrogen (secondary N) is 1. The first-order chi connectivity index (χ1) is 14.7. The molecule has 1 aliphatic carbocycles. The lowest BCUT2D eigenvalue weighted by atomic mass is 9.78. The quantitative estimate of drug-likeness (QED) is 0.554. The molecule has 0 bridgehead atoms. The van der Waals surface area contributed by atoms with Crippen LogP contribution >= 0.6 is 11.8 Å². The summed E-state index contributed by atoms with van der Waals surface area (Å²) in [5, 5.41) is 3.56. The van der Waals surface area contributed by atoms with Gasteiger partial charge in [-0.3, -0.25) is 4.79 Å². The first kappa shape index (κ1) is 19.0. The van der Waals surface area contributed by atoms with E-state index in [1.165, 1.54) is 5.56 Å². The maximum Gasteiger partial charge on any atom is 0.144 e. The average molecular weight is 414 g/mol. The Labute approximate surface area is 181 Å². The van der Waals surface area contributed by atoms with E-state index in [1.54, 1.807) is 18.9 Å². The molecule has 30 heavy (non-hydrogen) atoms. The highest BCUT2D eigenvalue weighted by atomic mass is 32.2. The van der Waals surface area contributed by atoms with Crippen molar-refractivity contribution in [3.8, 4) is 5.75 Å². The Morgan fingerprint density at radius 3 is 2.50 bits per heavy atom. The molecule has 0 aromatic heterocycles. The Balaban J connectivity index is 1.65. The van der Waals surface area contributed by atoms with Crippen LogP contribution in [0.4, 0.5) is 5.69 Å². The van der Waals surface area contributed by atoms with Crippen molar-refractivity contribution in [3.63, 3.8) is 0 Å². The minimum absolute atomic E-state index is 0.0484. The first-order valence-electron chi connectivity index (χ1n) is 10.2. The molecule has 4 heteroatoms. The number of rotatable bonds is 3. The number of hydrogen-bond acceptors (Lipinski definition) is 4. The van der Waals surface area contributed by atoms with Crippen LogP contribution in [-0.2, 0) is 4.79 Å². The molecular formula is C26H23NO2S. The average Bonchev–Trinajstić information content (AvgIpc) is 2.96. The van der Waals surface area contributed by atoms with Crippen molar-refractivity contribution < 1.29 is 9.53 Å². The second kappa shape index (κ2) is 8.04. The van der Waals surface area contributed by atoms with Crippen LogP contribution in [-0.4, -0.2) is 12.9 Å². The summed E-state index contributed by atoms with van der Waals surface area (Å²) in [6.07, 6.45) is 2.77. The van der Waals surface area contributed by atoms with Gasteiger partial charge < -0.3 is 10.1 Å². The minimum Gasteiger partial charge on any atom is -0.496 e. The number of ether oxygens (including phenoxy) is 1. The Bertz CT molecular complexity index is 1110. The molecule has 1 heterocycles. The molecule has 2 aliphatic rings. The summed E-state index contributed by atoms with van der Waals surface area (Å²) in [7, 11) is 1.69. The molecule has 0 radical (unpaired) electrons. The summed E-state index contributed by atoms with van der Waals surface area (Å²) in [4.78, 5) is 14.7. The molecule has 1 N–H and O–H groups in total. The van der Waals surface area contributed by atoms with E-state index in [9.17, 15) is 4.79 Å². The van der Waals surface area contributed by atoms with Gasteiger partial charge in [0.25, 0.3) is 0 Å². The molecule has 3 nitrogen and oxygen atoms in total. The van der Waals surface area contributed by atoms with Gasteiger partial charge in [-0.2, -0.15) is 0 Å². The largest absolute Gasteiger partial charge is 0.496 e. The topological polar surface area (TPSA) is 38.3 Å². The van der Waals surface area contributed by atoms with Gasteiger partial charge in [-0.25, -0.2) is 0 Å². The van der Waals surface area contributed by atoms with Crippen LogP contribution in [0.25, 0.3) is 0 Å². The summed E-state index contributed by atoms with van der Waals surface area (Å²) in [6, 6.07) is 26.6. The molecule has 0 saturated carbocycles. The predicted molar refractivity (Wildman–Crippen MR) is 122 cm³/mol. The number of ketones is 1. The van der Waals surface area contributed by atoms with Gasteiger partial charge in [0.2, 0.25) is 0 Å². The van der Waals surface area contributed by atoms with Gasteiger partial charge in [0.15, 0.2) is 0 Å². The normalized spacial score (nSPS) is 22.8. The van der Waals surface area contributed by atoms with Crippen LogP contribution in [0.2, 0.25) is 0 Å². The van der Waals surface area contributed by atoms with E-state index in [0.717, 1.165) is 27.6 Å². The van der Waals surface area contributed by atoms with Crippen LogP contribution < -0.4 is 10.1 Å². The van der Waals surface area contributed by atoms with Crippen molar-refractivity contribution in [2.24, 2.45) is 5.92 Å². The molecule has 3 atom stereocenters. The van der Waals surface area contributed by atoms with Gasteiger partial charge in [0.05, 0.1) is 24.0 Å². The Morgan fingerprint density at radius 1 is 0.933 bits per heavy atom. The van der Waals surface area contributed by atoms with E-state index in [2.05, 4.69) is 41.7 Å². The molecule has 0 spiro atoms. The number of hydrogen-bond donors (Lipinski definition) is 1. The maximum absolute atomic E-state index is 13.6. The number of carbonyl (C=O) groups excluding carboxylic acids is 1. The lowest BCUT2D eigenvalue weighted by molar-refractivity contribution is -0.122. The van der Waals surface area contributed by atoms with Crippen molar-refractivity contribution >= 4 is 23.2 Å². The second-order valence-corrected chi connectivity index (χ2v) is 8.87. The maximum atomic E-state index is 13.6. The lowest BCUT2D eigenvalue weighted by Gasteiger charge is -2.32. The summed E-state index contributed by atoms with van der Waals surface area (Å²) < 4.78 is 5.67. The van der Waals surface area contributed by atoms with E-state index in [-0.39, 0.29) is 22.9 Å². The number of carbonyl (C=O) groups is 1. The fourth-order valence-electron chi connectivity index (χ4n) is 4.44. The van der Waals surface area contributed by atoms with E-state index in [1.807, 2.05) is 48.5 Å². The third-order valence-electron chi connectivity index (χ3n) is 5.88. The zero-order chi connectivity index (χ0) is 20.5. The fraction of sp³-hybridized carbons (Fsp3) is 0.192. The molecule has 3 aromatic carbocycles. The van der Waals surface area contributed by atoms with Crippen molar-refractivity contribution in [3.05, 3.63) is 102 Å². The molecule has 3 aromatic rings. The van der Waals surface area contributed by atoms with Crippen LogP contribution in [0.1, 0.15) is 28.7 Å². The molecule has 0 fully saturated rings. The molecule has 150 valence electrons. The highest BCUT2D eigenvalue weighted by Crippen LogP contribution is 2.53. The van der Waals surface area contributed by atoms with Crippen LogP contribution in [0.15, 0.2) is 95.5 Å². The monoisotopic (exact) mass is 413 g/mol. The lowest BCUT2D eigenvalue weighted by Crippen LogP contribution is -2.30. The highest BCUT2D eigenvalue weighted by molar-refractivity contribution is 7.99. The van der Waals surface area contributed by atoms with Crippen LogP contribution in [0.5, 0.6) is 5.75 Å². The predicted octanol–water partition coefficient (Wildman–Crippen LogP) is 6.21. The minimum atomic E-state index is -0.237. The number of allylic oxidation sites excluding steroid dienone is 2. The zero-order valence-corrected chi connectivity index (χ0v) is 17.6. The van der Waals surface area contributed by atoms with Crippen LogP contribution in [0.3, 0.4) is 0 Å². The number of methoxy groups -OCH3 is 1. The van der Waals surface area contributed by atoms with Crippen molar-refractivity contribution in [2.75, 3.05) is 12.4 Å². The zero-order valence-electron chi connectivity index (χ0n) is 16.7. The van der Waals surface area contributed by atoms with E-state index in [4.69, 9.17) is 4.74 Å². The summed E-state index contributed by atoms with van der Waals surface area (Å²) in [6.45, 7) is 0. The van der Waals surface area contributed by atoms with Crippen molar-refractivity contribution in [1.29, 1.82) is 0 Å². The second-order valence-electron chi connectivity index (χ2n) is 7.69. The number of para-hydroxylation sites is 2. The van der Waals surface area contributed by atoms with Gasteiger partial charge in [0, 0.05) is 28.5 Å². The van der Waals surface area contributed by atoms with Crippen LogP contribution in [0, 0.1) is 5.92 Å². The highest BCUT2D eigenvalue weighted by Gasteiger charge is 2.41. The number of thioether (sulfide) groups is 1. The molecular weight excluding hydrogens is 390 g/mol. The smallest absolute Gasteiger partial charge is 0.144 e. The summed E-state index contributed by atoms with van der Waals surface area (Å²) >= 11 is 1.74. The summed E-state index contributed by atoms with van der Waals surface area (Å²) in [5.41, 5.74) is 4.29. The van der Waals surface area contributed by atoms with Crippen molar-refractivity contribution in [2.45, 2.75) is 22.5 Å².